The van der Waals surface area contributed by atoms with Crippen LogP contribution in [0, 0.1) is 6.92 Å². The Hall–Kier alpha value is -1.11. The van der Waals surface area contributed by atoms with Crippen molar-refractivity contribution in [2.75, 3.05) is 9.52 Å². The van der Waals surface area contributed by atoms with Gasteiger partial charge in [0.05, 0.1) is 6.54 Å². The Morgan fingerprint density at radius 3 is 2.79 bits per heavy atom. The minimum Gasteiger partial charge on any atom is -0.264 e. The van der Waals surface area contributed by atoms with Crippen molar-refractivity contribution in [3.63, 3.8) is 0 Å². The molecule has 2 aromatic rings. The molecule has 0 aromatic carbocycles. The molecule has 2 rings (SSSR count). The SMILES string of the molecule is Cc1csc(N(Cc2cccnc2)S(=O)(=O)CCl)c1. The Morgan fingerprint density at radius 2 is 2.26 bits per heavy atom. The first kappa shape index (κ1) is 14.3. The van der Waals surface area contributed by atoms with E-state index >= 15 is 0 Å². The van der Waals surface area contributed by atoms with E-state index in [4.69, 9.17) is 11.6 Å². The molecule has 0 aliphatic rings. The van der Waals surface area contributed by atoms with E-state index in [0.29, 0.717) is 5.00 Å². The van der Waals surface area contributed by atoms with Gasteiger partial charge >= 0.3 is 0 Å². The second kappa shape index (κ2) is 5.90. The van der Waals surface area contributed by atoms with Gasteiger partial charge in [-0.05, 0) is 35.6 Å². The smallest absolute Gasteiger partial charge is 0.250 e. The highest BCUT2D eigenvalue weighted by Crippen LogP contribution is 2.28. The molecule has 0 unspecified atom stereocenters. The van der Waals surface area contributed by atoms with Gasteiger partial charge in [0.2, 0.25) is 10.0 Å². The van der Waals surface area contributed by atoms with Crippen LogP contribution in [0.15, 0.2) is 36.0 Å². The van der Waals surface area contributed by atoms with Crippen LogP contribution < -0.4 is 4.31 Å². The van der Waals surface area contributed by atoms with E-state index in [1.165, 1.54) is 15.6 Å². The van der Waals surface area contributed by atoms with E-state index in [2.05, 4.69) is 4.98 Å². The number of alkyl halides is 1. The largest absolute Gasteiger partial charge is 0.264 e. The lowest BCUT2D eigenvalue weighted by molar-refractivity contribution is 0.595. The van der Waals surface area contributed by atoms with E-state index < -0.39 is 15.2 Å². The van der Waals surface area contributed by atoms with Gasteiger partial charge in [0, 0.05) is 12.4 Å². The number of halogens is 1. The average molecular weight is 317 g/mol. The summed E-state index contributed by atoms with van der Waals surface area (Å²) in [5.74, 6) is 0. The normalized spacial score (nSPS) is 11.5. The van der Waals surface area contributed by atoms with Crippen molar-refractivity contribution < 1.29 is 8.42 Å². The maximum absolute atomic E-state index is 12.1. The number of nitrogens with zero attached hydrogens (tertiary/aromatic N) is 2. The number of anilines is 1. The first-order valence-corrected chi connectivity index (χ1v) is 8.55. The van der Waals surface area contributed by atoms with Gasteiger partial charge in [-0.25, -0.2) is 8.42 Å². The Balaban J connectivity index is 2.36. The van der Waals surface area contributed by atoms with Crippen LogP contribution in [-0.4, -0.2) is 18.6 Å². The number of hydrogen-bond donors (Lipinski definition) is 0. The molecule has 0 saturated heterocycles. The fourth-order valence-corrected chi connectivity index (χ4v) is 4.00. The molecular formula is C12H13ClN2O2S2. The molecule has 0 aliphatic carbocycles. The molecule has 2 aromatic heterocycles. The van der Waals surface area contributed by atoms with Crippen molar-refractivity contribution in [3.8, 4) is 0 Å². The topological polar surface area (TPSA) is 50.3 Å². The van der Waals surface area contributed by atoms with Gasteiger partial charge in [-0.1, -0.05) is 6.07 Å². The molecule has 7 heteroatoms. The molecule has 0 spiro atoms. The fraction of sp³-hybridized carbons (Fsp3) is 0.250. The van der Waals surface area contributed by atoms with Crippen LogP contribution in [-0.2, 0) is 16.6 Å². The predicted molar refractivity (Wildman–Crippen MR) is 79.1 cm³/mol. The summed E-state index contributed by atoms with van der Waals surface area (Å²) in [5, 5.41) is 2.14. The molecule has 0 amide bonds. The van der Waals surface area contributed by atoms with Crippen molar-refractivity contribution in [3.05, 3.63) is 47.1 Å². The Morgan fingerprint density at radius 1 is 1.47 bits per heavy atom. The summed E-state index contributed by atoms with van der Waals surface area (Å²) in [6.45, 7) is 2.17. The number of aryl methyl sites for hydroxylation is 1. The molecule has 0 N–H and O–H groups in total. The third-order valence-corrected chi connectivity index (χ3v) is 5.77. The van der Waals surface area contributed by atoms with Crippen LogP contribution in [0.2, 0.25) is 0 Å². The highest BCUT2D eigenvalue weighted by Gasteiger charge is 2.23. The third kappa shape index (κ3) is 3.46. The van der Waals surface area contributed by atoms with Gasteiger partial charge in [-0.2, -0.15) is 0 Å². The molecule has 2 heterocycles. The van der Waals surface area contributed by atoms with Crippen molar-refractivity contribution in [2.45, 2.75) is 13.5 Å². The quantitative estimate of drug-likeness (QED) is 0.797. The molecule has 0 fully saturated rings. The Kier molecular flexibility index (Phi) is 4.44. The Bertz CT molecular complexity index is 641. The van der Waals surface area contributed by atoms with Crippen molar-refractivity contribution in [1.29, 1.82) is 0 Å². The van der Waals surface area contributed by atoms with Crippen LogP contribution in [0.1, 0.15) is 11.1 Å². The average Bonchev–Trinajstić information content (AvgIpc) is 2.83. The highest BCUT2D eigenvalue weighted by molar-refractivity contribution is 7.94. The summed E-state index contributed by atoms with van der Waals surface area (Å²) in [6, 6.07) is 5.45. The molecule has 0 saturated carbocycles. The lowest BCUT2D eigenvalue weighted by Crippen LogP contribution is -2.30. The number of rotatable bonds is 5. The summed E-state index contributed by atoms with van der Waals surface area (Å²) in [6.07, 6.45) is 3.30. The summed E-state index contributed by atoms with van der Waals surface area (Å²) in [4.78, 5) is 3.99. The molecular weight excluding hydrogens is 304 g/mol. The zero-order valence-electron chi connectivity index (χ0n) is 10.3. The minimum absolute atomic E-state index is 0.239. The number of hydrogen-bond acceptors (Lipinski definition) is 4. The number of aromatic nitrogens is 1. The number of sulfonamides is 1. The maximum atomic E-state index is 12.1. The second-order valence-electron chi connectivity index (χ2n) is 4.05. The van der Waals surface area contributed by atoms with Gasteiger partial charge in [0.1, 0.15) is 10.2 Å². The Labute approximate surface area is 121 Å². The molecule has 102 valence electrons. The molecule has 0 atom stereocenters. The first-order chi connectivity index (χ1) is 9.03. The van der Waals surface area contributed by atoms with Crippen molar-refractivity contribution in [1.82, 2.24) is 4.98 Å². The summed E-state index contributed by atoms with van der Waals surface area (Å²) in [7, 11) is -3.52. The molecule has 0 bridgehead atoms. The first-order valence-electron chi connectivity index (χ1n) is 5.53. The zero-order valence-corrected chi connectivity index (χ0v) is 12.7. The van der Waals surface area contributed by atoms with Crippen LogP contribution in [0.5, 0.6) is 0 Å². The third-order valence-electron chi connectivity index (χ3n) is 2.49. The van der Waals surface area contributed by atoms with Crippen LogP contribution in [0.3, 0.4) is 0 Å². The van der Waals surface area contributed by atoms with Gasteiger partial charge in [0.15, 0.2) is 0 Å². The zero-order chi connectivity index (χ0) is 13.9. The molecule has 0 radical (unpaired) electrons. The van der Waals surface area contributed by atoms with Crippen LogP contribution >= 0.6 is 22.9 Å². The van der Waals surface area contributed by atoms with Crippen molar-refractivity contribution >= 4 is 38.0 Å². The standard InChI is InChI=1S/C12H13ClN2O2S2/c1-10-5-12(18-8-10)15(19(16,17)9-13)7-11-3-2-4-14-6-11/h2-6,8H,7,9H2,1H3. The number of pyridine rings is 1. The van der Waals surface area contributed by atoms with Gasteiger partial charge in [0.25, 0.3) is 0 Å². The summed E-state index contributed by atoms with van der Waals surface area (Å²) in [5.41, 5.74) is 1.85. The van der Waals surface area contributed by atoms with Gasteiger partial charge in [-0.3, -0.25) is 9.29 Å². The van der Waals surface area contributed by atoms with Crippen LogP contribution in [0.25, 0.3) is 0 Å². The highest BCUT2D eigenvalue weighted by atomic mass is 35.5. The van der Waals surface area contributed by atoms with E-state index in [9.17, 15) is 8.42 Å². The minimum atomic E-state index is -3.52. The molecule has 19 heavy (non-hydrogen) atoms. The monoisotopic (exact) mass is 316 g/mol. The second-order valence-corrected chi connectivity index (χ2v) is 7.42. The van der Waals surface area contributed by atoms with Gasteiger partial charge in [-0.15, -0.1) is 22.9 Å². The van der Waals surface area contributed by atoms with E-state index in [1.54, 1.807) is 18.5 Å². The predicted octanol–water partition coefficient (Wildman–Crippen LogP) is 2.98. The van der Waals surface area contributed by atoms with Gasteiger partial charge < -0.3 is 0 Å². The van der Waals surface area contributed by atoms with E-state index in [-0.39, 0.29) is 6.54 Å². The van der Waals surface area contributed by atoms with E-state index in [1.807, 2.05) is 24.4 Å². The summed E-state index contributed by atoms with van der Waals surface area (Å²) >= 11 is 6.96. The lowest BCUT2D eigenvalue weighted by Gasteiger charge is -2.21. The maximum Gasteiger partial charge on any atom is 0.250 e. The molecule has 0 aliphatic heterocycles. The summed E-state index contributed by atoms with van der Waals surface area (Å²) < 4.78 is 25.5. The lowest BCUT2D eigenvalue weighted by atomic mass is 10.3. The van der Waals surface area contributed by atoms with E-state index in [0.717, 1.165) is 11.1 Å². The van der Waals surface area contributed by atoms with Crippen LogP contribution in [0.4, 0.5) is 5.00 Å². The van der Waals surface area contributed by atoms with Crippen molar-refractivity contribution in [2.24, 2.45) is 0 Å². The molecule has 4 nitrogen and oxygen atoms in total. The number of thiophene rings is 1. The fourth-order valence-electron chi connectivity index (χ4n) is 1.58.